The molecule has 0 aromatic rings. The van der Waals surface area contributed by atoms with Crippen molar-refractivity contribution in [2.24, 2.45) is 11.1 Å². The van der Waals surface area contributed by atoms with Crippen LogP contribution in [0.3, 0.4) is 0 Å². The lowest BCUT2D eigenvalue weighted by Crippen LogP contribution is -2.54. The highest BCUT2D eigenvalue weighted by Crippen LogP contribution is 2.40. The summed E-state index contributed by atoms with van der Waals surface area (Å²) < 4.78 is 0. The molecule has 0 bridgehead atoms. The fourth-order valence-corrected chi connectivity index (χ4v) is 2.52. The van der Waals surface area contributed by atoms with Crippen molar-refractivity contribution in [2.75, 3.05) is 7.05 Å². The molecule has 1 saturated carbocycles. The van der Waals surface area contributed by atoms with E-state index >= 15 is 0 Å². The second kappa shape index (κ2) is 4.06. The Morgan fingerprint density at radius 3 is 2.27 bits per heavy atom. The van der Waals surface area contributed by atoms with Crippen LogP contribution >= 0.6 is 0 Å². The van der Waals surface area contributed by atoms with Crippen molar-refractivity contribution in [1.29, 1.82) is 0 Å². The van der Waals surface area contributed by atoms with Crippen LogP contribution in [-0.4, -0.2) is 29.6 Å². The normalized spacial score (nSPS) is 31.2. The first-order valence-electron chi connectivity index (χ1n) is 6.21. The Morgan fingerprint density at radius 2 is 1.93 bits per heavy atom. The highest BCUT2D eigenvalue weighted by atomic mass is 15.2. The average Bonchev–Trinajstić information content (AvgIpc) is 2.41. The maximum Gasteiger partial charge on any atom is 0.0254 e. The van der Waals surface area contributed by atoms with Gasteiger partial charge >= 0.3 is 0 Å². The third-order valence-electron chi connectivity index (χ3n) is 4.72. The van der Waals surface area contributed by atoms with Crippen molar-refractivity contribution >= 4 is 0 Å². The molecule has 1 fully saturated rings. The lowest BCUT2D eigenvalue weighted by atomic mass is 9.86. The molecule has 2 N–H and O–H groups in total. The molecule has 1 rings (SSSR count). The third kappa shape index (κ3) is 2.36. The molecule has 2 unspecified atom stereocenters. The van der Waals surface area contributed by atoms with Crippen molar-refractivity contribution in [3.63, 3.8) is 0 Å². The lowest BCUT2D eigenvalue weighted by molar-refractivity contribution is 0.0822. The molecule has 0 amide bonds. The number of likely N-dealkylation sites (N-methyl/N-ethyl adjacent to an activating group) is 1. The molecule has 0 aliphatic heterocycles. The van der Waals surface area contributed by atoms with Crippen LogP contribution in [0.1, 0.15) is 53.9 Å². The Hall–Kier alpha value is -0.0800. The van der Waals surface area contributed by atoms with Crippen molar-refractivity contribution in [3.8, 4) is 0 Å². The van der Waals surface area contributed by atoms with E-state index in [4.69, 9.17) is 5.73 Å². The largest absolute Gasteiger partial charge is 0.326 e. The van der Waals surface area contributed by atoms with Crippen LogP contribution in [0.5, 0.6) is 0 Å². The SMILES string of the molecule is CCC(C)(C)N(C)C1CCC(C)(C)C1N. The van der Waals surface area contributed by atoms with Crippen LogP contribution in [0.2, 0.25) is 0 Å². The van der Waals surface area contributed by atoms with E-state index in [0.29, 0.717) is 17.5 Å². The van der Waals surface area contributed by atoms with Crippen LogP contribution in [0, 0.1) is 5.41 Å². The molecule has 1 aliphatic carbocycles. The standard InChI is InChI=1S/C13H28N2/c1-7-13(4,5)15(6)10-8-9-12(2,3)11(10)14/h10-11H,7-9,14H2,1-6H3. The highest BCUT2D eigenvalue weighted by molar-refractivity contribution is 5.01. The van der Waals surface area contributed by atoms with Crippen LogP contribution < -0.4 is 5.73 Å². The van der Waals surface area contributed by atoms with Crippen molar-refractivity contribution in [3.05, 3.63) is 0 Å². The van der Waals surface area contributed by atoms with Gasteiger partial charge in [-0.25, -0.2) is 0 Å². The summed E-state index contributed by atoms with van der Waals surface area (Å²) >= 11 is 0. The topological polar surface area (TPSA) is 29.3 Å². The zero-order valence-electron chi connectivity index (χ0n) is 11.3. The summed E-state index contributed by atoms with van der Waals surface area (Å²) in [5, 5.41) is 0. The van der Waals surface area contributed by atoms with Gasteiger partial charge in [0.25, 0.3) is 0 Å². The summed E-state index contributed by atoms with van der Waals surface area (Å²) in [6.07, 6.45) is 3.67. The summed E-state index contributed by atoms with van der Waals surface area (Å²) in [4.78, 5) is 2.49. The molecular formula is C13H28N2. The van der Waals surface area contributed by atoms with E-state index in [0.717, 1.165) is 0 Å². The van der Waals surface area contributed by atoms with Crippen LogP contribution in [0.15, 0.2) is 0 Å². The van der Waals surface area contributed by atoms with Crippen molar-refractivity contribution < 1.29 is 0 Å². The second-order valence-electron chi connectivity index (χ2n) is 6.40. The molecule has 0 spiro atoms. The molecule has 2 heteroatoms. The van der Waals surface area contributed by atoms with Crippen molar-refractivity contribution in [2.45, 2.75) is 71.5 Å². The maximum atomic E-state index is 6.37. The summed E-state index contributed by atoms with van der Waals surface area (Å²) in [6.45, 7) is 11.5. The molecule has 15 heavy (non-hydrogen) atoms. The van der Waals surface area contributed by atoms with Gasteiger partial charge in [0.05, 0.1) is 0 Å². The van der Waals surface area contributed by atoms with E-state index in [-0.39, 0.29) is 5.54 Å². The minimum atomic E-state index is 0.267. The van der Waals surface area contributed by atoms with E-state index in [1.165, 1.54) is 19.3 Å². The summed E-state index contributed by atoms with van der Waals surface area (Å²) in [5.74, 6) is 0. The quantitative estimate of drug-likeness (QED) is 0.779. The molecule has 2 nitrogen and oxygen atoms in total. The maximum absolute atomic E-state index is 6.37. The number of hydrogen-bond acceptors (Lipinski definition) is 2. The van der Waals surface area contributed by atoms with E-state index in [2.05, 4.69) is 46.6 Å². The smallest absolute Gasteiger partial charge is 0.0254 e. The average molecular weight is 212 g/mol. The van der Waals surface area contributed by atoms with Gasteiger partial charge in [0.15, 0.2) is 0 Å². The van der Waals surface area contributed by atoms with Gasteiger partial charge in [0.2, 0.25) is 0 Å². The first-order chi connectivity index (χ1) is 6.72. The predicted octanol–water partition coefficient (Wildman–Crippen LogP) is 2.62. The Labute approximate surface area is 95.2 Å². The van der Waals surface area contributed by atoms with Gasteiger partial charge in [0, 0.05) is 17.6 Å². The first-order valence-corrected chi connectivity index (χ1v) is 6.21. The number of hydrogen-bond donors (Lipinski definition) is 1. The predicted molar refractivity (Wildman–Crippen MR) is 66.9 cm³/mol. The Balaban J connectivity index is 2.75. The summed E-state index contributed by atoms with van der Waals surface area (Å²) in [6, 6.07) is 0.864. The van der Waals surface area contributed by atoms with E-state index in [9.17, 15) is 0 Å². The molecule has 0 aromatic heterocycles. The first kappa shape index (κ1) is 13.0. The highest BCUT2D eigenvalue weighted by Gasteiger charge is 2.43. The van der Waals surface area contributed by atoms with Gasteiger partial charge in [-0.2, -0.15) is 0 Å². The summed E-state index contributed by atoms with van der Waals surface area (Å²) in [7, 11) is 2.23. The fourth-order valence-electron chi connectivity index (χ4n) is 2.52. The van der Waals surface area contributed by atoms with Gasteiger partial charge < -0.3 is 5.73 Å². The van der Waals surface area contributed by atoms with Crippen LogP contribution in [0.4, 0.5) is 0 Å². The van der Waals surface area contributed by atoms with Crippen LogP contribution in [-0.2, 0) is 0 Å². The molecule has 0 radical (unpaired) electrons. The third-order valence-corrected chi connectivity index (χ3v) is 4.72. The zero-order chi connectivity index (χ0) is 11.9. The van der Waals surface area contributed by atoms with Gasteiger partial charge in [0.1, 0.15) is 0 Å². The minimum absolute atomic E-state index is 0.267. The fraction of sp³-hybridized carbons (Fsp3) is 1.00. The second-order valence-corrected chi connectivity index (χ2v) is 6.40. The Kier molecular flexibility index (Phi) is 3.52. The zero-order valence-corrected chi connectivity index (χ0v) is 11.3. The number of rotatable bonds is 3. The number of nitrogens with two attached hydrogens (primary N) is 1. The van der Waals surface area contributed by atoms with Gasteiger partial charge in [-0.3, -0.25) is 4.90 Å². The molecule has 90 valence electrons. The minimum Gasteiger partial charge on any atom is -0.326 e. The van der Waals surface area contributed by atoms with E-state index < -0.39 is 0 Å². The molecule has 0 aromatic carbocycles. The monoisotopic (exact) mass is 212 g/mol. The Morgan fingerprint density at radius 1 is 1.40 bits per heavy atom. The van der Waals surface area contributed by atoms with Crippen LogP contribution in [0.25, 0.3) is 0 Å². The van der Waals surface area contributed by atoms with Gasteiger partial charge in [-0.05, 0) is 45.6 Å². The van der Waals surface area contributed by atoms with E-state index in [1.807, 2.05) is 0 Å². The molecular weight excluding hydrogens is 184 g/mol. The molecule has 0 heterocycles. The van der Waals surface area contributed by atoms with Gasteiger partial charge in [-0.1, -0.05) is 20.8 Å². The van der Waals surface area contributed by atoms with Gasteiger partial charge in [-0.15, -0.1) is 0 Å². The lowest BCUT2D eigenvalue weighted by Gasteiger charge is -2.42. The molecule has 2 atom stereocenters. The molecule has 1 aliphatic rings. The molecule has 0 saturated heterocycles. The summed E-state index contributed by atoms with van der Waals surface area (Å²) in [5.41, 5.74) is 6.94. The Bertz CT molecular complexity index is 221. The van der Waals surface area contributed by atoms with Crippen molar-refractivity contribution in [1.82, 2.24) is 4.90 Å². The van der Waals surface area contributed by atoms with E-state index in [1.54, 1.807) is 0 Å². The number of nitrogens with zero attached hydrogens (tertiary/aromatic N) is 1.